The van der Waals surface area contributed by atoms with Gasteiger partial charge in [-0.2, -0.15) is 0 Å². The van der Waals surface area contributed by atoms with Gasteiger partial charge in [-0.05, 0) is 19.1 Å². The Hall–Kier alpha value is -1.64. The van der Waals surface area contributed by atoms with Crippen molar-refractivity contribution in [3.8, 4) is 5.75 Å². The zero-order valence-corrected chi connectivity index (χ0v) is 8.63. The highest BCUT2D eigenvalue weighted by Crippen LogP contribution is 2.19. The molecule has 0 aliphatic rings. The van der Waals surface area contributed by atoms with E-state index in [1.54, 1.807) is 6.07 Å². The summed E-state index contributed by atoms with van der Waals surface area (Å²) < 4.78 is 18.4. The van der Waals surface area contributed by atoms with Crippen molar-refractivity contribution >= 4 is 6.29 Å². The fraction of sp³-hybridized carbons (Fsp3) is 0.250. The molecule has 0 saturated carbocycles. The fourth-order valence-electron chi connectivity index (χ4n) is 1.09. The number of aldehydes is 1. The first kappa shape index (κ1) is 11.4. The fourth-order valence-corrected chi connectivity index (χ4v) is 1.09. The first-order valence-electron chi connectivity index (χ1n) is 4.66. The number of halogens is 1. The predicted octanol–water partition coefficient (Wildman–Crippen LogP) is 2.98. The average molecular weight is 208 g/mol. The summed E-state index contributed by atoms with van der Waals surface area (Å²) in [7, 11) is 0. The van der Waals surface area contributed by atoms with Gasteiger partial charge in [-0.25, -0.2) is 4.39 Å². The summed E-state index contributed by atoms with van der Waals surface area (Å²) in [4.78, 5) is 10.6. The lowest BCUT2D eigenvalue weighted by molar-refractivity contribution is 0.111. The maximum Gasteiger partial charge on any atom is 0.156 e. The number of rotatable bonds is 5. The Morgan fingerprint density at radius 2 is 2.33 bits per heavy atom. The lowest BCUT2D eigenvalue weighted by Gasteiger charge is -2.08. The van der Waals surface area contributed by atoms with E-state index in [1.807, 2.05) is 6.92 Å². The molecular formula is C12H13FO2. The number of carbonyl (C=O) groups excluding carboxylic acids is 1. The quantitative estimate of drug-likeness (QED) is 0.549. The summed E-state index contributed by atoms with van der Waals surface area (Å²) in [6, 6.07) is 4.32. The molecule has 1 aromatic carbocycles. The van der Waals surface area contributed by atoms with Crippen LogP contribution in [0.1, 0.15) is 23.7 Å². The van der Waals surface area contributed by atoms with Crippen LogP contribution in [0.5, 0.6) is 5.75 Å². The largest absolute Gasteiger partial charge is 0.492 e. The molecule has 0 unspecified atom stereocenters. The molecule has 0 amide bonds. The Morgan fingerprint density at radius 1 is 1.60 bits per heavy atom. The standard InChI is InChI=1S/C12H13FO2/c1-9(2)6-7-15-12-5-3-4-11(13)10(12)8-14/h3-5,8H,1,6-7H2,2H3. The molecule has 0 atom stereocenters. The number of ether oxygens (including phenoxy) is 1. The molecule has 0 heterocycles. The summed E-state index contributed by atoms with van der Waals surface area (Å²) in [6.07, 6.45) is 1.15. The van der Waals surface area contributed by atoms with Crippen LogP contribution in [-0.4, -0.2) is 12.9 Å². The van der Waals surface area contributed by atoms with E-state index in [-0.39, 0.29) is 11.3 Å². The molecule has 0 fully saturated rings. The average Bonchev–Trinajstić information content (AvgIpc) is 2.17. The zero-order chi connectivity index (χ0) is 11.3. The van der Waals surface area contributed by atoms with Crippen LogP contribution >= 0.6 is 0 Å². The Bertz CT molecular complexity index is 372. The predicted molar refractivity (Wildman–Crippen MR) is 56.7 cm³/mol. The highest BCUT2D eigenvalue weighted by Gasteiger charge is 2.07. The Morgan fingerprint density at radius 3 is 2.93 bits per heavy atom. The van der Waals surface area contributed by atoms with Crippen LogP contribution in [0.3, 0.4) is 0 Å². The van der Waals surface area contributed by atoms with Crippen LogP contribution in [-0.2, 0) is 0 Å². The molecular weight excluding hydrogens is 195 g/mol. The van der Waals surface area contributed by atoms with Crippen LogP contribution in [0.25, 0.3) is 0 Å². The minimum atomic E-state index is -0.558. The second-order valence-corrected chi connectivity index (χ2v) is 3.33. The van der Waals surface area contributed by atoms with E-state index >= 15 is 0 Å². The topological polar surface area (TPSA) is 26.3 Å². The molecule has 0 N–H and O–H groups in total. The van der Waals surface area contributed by atoms with Gasteiger partial charge < -0.3 is 4.74 Å². The van der Waals surface area contributed by atoms with Crippen LogP contribution < -0.4 is 4.74 Å². The van der Waals surface area contributed by atoms with Gasteiger partial charge >= 0.3 is 0 Å². The summed E-state index contributed by atoms with van der Waals surface area (Å²) >= 11 is 0. The molecule has 0 aliphatic heterocycles. The number of carbonyl (C=O) groups is 1. The normalized spacial score (nSPS) is 9.73. The first-order chi connectivity index (χ1) is 7.15. The minimum Gasteiger partial charge on any atom is -0.492 e. The second-order valence-electron chi connectivity index (χ2n) is 3.33. The van der Waals surface area contributed by atoms with Gasteiger partial charge in [0.05, 0.1) is 12.2 Å². The Balaban J connectivity index is 2.72. The van der Waals surface area contributed by atoms with Crippen molar-refractivity contribution in [2.24, 2.45) is 0 Å². The van der Waals surface area contributed by atoms with Gasteiger partial charge in [0.1, 0.15) is 11.6 Å². The lowest BCUT2D eigenvalue weighted by atomic mass is 10.2. The smallest absolute Gasteiger partial charge is 0.156 e. The van der Waals surface area contributed by atoms with Crippen molar-refractivity contribution in [3.05, 3.63) is 41.7 Å². The number of benzene rings is 1. The first-order valence-corrected chi connectivity index (χ1v) is 4.66. The van der Waals surface area contributed by atoms with E-state index in [1.165, 1.54) is 12.1 Å². The van der Waals surface area contributed by atoms with Crippen molar-refractivity contribution < 1.29 is 13.9 Å². The monoisotopic (exact) mass is 208 g/mol. The molecule has 1 rings (SSSR count). The van der Waals surface area contributed by atoms with Gasteiger partial charge in [0, 0.05) is 6.42 Å². The SMILES string of the molecule is C=C(C)CCOc1cccc(F)c1C=O. The number of hydrogen-bond donors (Lipinski definition) is 0. The van der Waals surface area contributed by atoms with Crippen molar-refractivity contribution in [1.29, 1.82) is 0 Å². The Labute approximate surface area is 88.4 Å². The van der Waals surface area contributed by atoms with E-state index in [4.69, 9.17) is 4.74 Å². The van der Waals surface area contributed by atoms with Gasteiger partial charge in [0.25, 0.3) is 0 Å². The summed E-state index contributed by atoms with van der Waals surface area (Å²) in [6.45, 7) is 6.01. The molecule has 3 heteroatoms. The third-order valence-electron chi connectivity index (χ3n) is 1.92. The van der Waals surface area contributed by atoms with E-state index in [9.17, 15) is 9.18 Å². The minimum absolute atomic E-state index is 0.0285. The molecule has 0 aromatic heterocycles. The maximum atomic E-state index is 13.1. The van der Waals surface area contributed by atoms with Crippen LogP contribution in [0.4, 0.5) is 4.39 Å². The summed E-state index contributed by atoms with van der Waals surface area (Å²) in [5.41, 5.74) is 0.957. The lowest BCUT2D eigenvalue weighted by Crippen LogP contribution is -2.01. The van der Waals surface area contributed by atoms with Gasteiger partial charge in [0.2, 0.25) is 0 Å². The van der Waals surface area contributed by atoms with Crippen molar-refractivity contribution in [3.63, 3.8) is 0 Å². The molecule has 0 saturated heterocycles. The van der Waals surface area contributed by atoms with E-state index in [0.717, 1.165) is 5.57 Å². The van der Waals surface area contributed by atoms with Gasteiger partial charge in [-0.15, -0.1) is 6.58 Å². The molecule has 2 nitrogen and oxygen atoms in total. The van der Waals surface area contributed by atoms with Gasteiger partial charge in [-0.1, -0.05) is 11.6 Å². The highest BCUT2D eigenvalue weighted by atomic mass is 19.1. The maximum absolute atomic E-state index is 13.1. The van der Waals surface area contributed by atoms with E-state index in [2.05, 4.69) is 6.58 Å². The van der Waals surface area contributed by atoms with Crippen LogP contribution in [0.2, 0.25) is 0 Å². The molecule has 15 heavy (non-hydrogen) atoms. The van der Waals surface area contributed by atoms with Crippen LogP contribution in [0, 0.1) is 5.82 Å². The molecule has 0 spiro atoms. The van der Waals surface area contributed by atoms with Crippen LogP contribution in [0.15, 0.2) is 30.4 Å². The van der Waals surface area contributed by atoms with Crippen molar-refractivity contribution in [2.75, 3.05) is 6.61 Å². The summed E-state index contributed by atoms with van der Waals surface area (Å²) in [5, 5.41) is 0. The second kappa shape index (κ2) is 5.29. The Kier molecular flexibility index (Phi) is 4.03. The molecule has 0 radical (unpaired) electrons. The molecule has 0 bridgehead atoms. The molecule has 0 aliphatic carbocycles. The van der Waals surface area contributed by atoms with Gasteiger partial charge in [0.15, 0.2) is 6.29 Å². The van der Waals surface area contributed by atoms with E-state index in [0.29, 0.717) is 19.3 Å². The third kappa shape index (κ3) is 3.20. The van der Waals surface area contributed by atoms with Crippen molar-refractivity contribution in [1.82, 2.24) is 0 Å². The van der Waals surface area contributed by atoms with Crippen molar-refractivity contribution in [2.45, 2.75) is 13.3 Å². The zero-order valence-electron chi connectivity index (χ0n) is 8.63. The molecule has 80 valence electrons. The van der Waals surface area contributed by atoms with Gasteiger partial charge in [-0.3, -0.25) is 4.79 Å². The number of hydrogen-bond acceptors (Lipinski definition) is 2. The summed E-state index contributed by atoms with van der Waals surface area (Å²) in [5.74, 6) is -0.274. The third-order valence-corrected chi connectivity index (χ3v) is 1.92. The molecule has 1 aromatic rings. The highest BCUT2D eigenvalue weighted by molar-refractivity contribution is 5.79. The van der Waals surface area contributed by atoms with E-state index < -0.39 is 5.82 Å².